The fraction of sp³-hybridized carbons (Fsp3) is 0.462. The van der Waals surface area contributed by atoms with Gasteiger partial charge in [0.15, 0.2) is 0 Å². The standard InChI is InChI=1S/C13H20BrN3O4S.ClH/c1-10(2)15-8-9-17(3)13(18)21-16-22(19,20)12-7-5-4-6-11(12)14;/h4-7,10,15-16H,8-9H2,1-3H3;1H. The van der Waals surface area contributed by atoms with Gasteiger partial charge in [0.25, 0.3) is 10.0 Å². The van der Waals surface area contributed by atoms with Crippen LogP contribution in [-0.2, 0) is 14.9 Å². The summed E-state index contributed by atoms with van der Waals surface area (Å²) in [4.78, 5) is 19.4. The van der Waals surface area contributed by atoms with Crippen LogP contribution in [-0.4, -0.2) is 45.6 Å². The van der Waals surface area contributed by atoms with E-state index in [-0.39, 0.29) is 17.3 Å². The normalized spacial score (nSPS) is 11.0. The summed E-state index contributed by atoms with van der Waals surface area (Å²) in [5.74, 6) is 0. The molecule has 132 valence electrons. The number of halogens is 2. The van der Waals surface area contributed by atoms with Gasteiger partial charge in [-0.15, -0.1) is 12.4 Å². The average Bonchev–Trinajstić information content (AvgIpc) is 2.44. The third-order valence-electron chi connectivity index (χ3n) is 2.68. The van der Waals surface area contributed by atoms with E-state index in [2.05, 4.69) is 26.1 Å². The smallest absolute Gasteiger partial charge is 0.338 e. The van der Waals surface area contributed by atoms with Crippen LogP contribution < -0.4 is 10.2 Å². The van der Waals surface area contributed by atoms with Crippen LogP contribution in [0.3, 0.4) is 0 Å². The van der Waals surface area contributed by atoms with E-state index in [1.54, 1.807) is 18.2 Å². The molecule has 0 fully saturated rings. The van der Waals surface area contributed by atoms with Crippen LogP contribution in [0.2, 0.25) is 0 Å². The van der Waals surface area contributed by atoms with Crippen molar-refractivity contribution in [2.45, 2.75) is 24.8 Å². The molecule has 0 heterocycles. The molecule has 2 N–H and O–H groups in total. The van der Waals surface area contributed by atoms with Crippen LogP contribution in [0.25, 0.3) is 0 Å². The van der Waals surface area contributed by atoms with Gasteiger partial charge >= 0.3 is 6.09 Å². The van der Waals surface area contributed by atoms with Gasteiger partial charge in [0, 0.05) is 30.7 Å². The monoisotopic (exact) mass is 429 g/mol. The van der Waals surface area contributed by atoms with Gasteiger partial charge in [-0.3, -0.25) is 0 Å². The largest absolute Gasteiger partial charge is 0.429 e. The second-order valence-electron chi connectivity index (χ2n) is 4.92. The Morgan fingerprint density at radius 3 is 2.52 bits per heavy atom. The van der Waals surface area contributed by atoms with E-state index in [4.69, 9.17) is 0 Å². The van der Waals surface area contributed by atoms with Crippen molar-refractivity contribution in [2.24, 2.45) is 0 Å². The van der Waals surface area contributed by atoms with E-state index in [0.717, 1.165) is 0 Å². The molecule has 1 aromatic carbocycles. The first-order valence-electron chi connectivity index (χ1n) is 6.65. The zero-order chi connectivity index (χ0) is 16.8. The van der Waals surface area contributed by atoms with Crippen LogP contribution in [0.15, 0.2) is 33.6 Å². The highest BCUT2D eigenvalue weighted by Crippen LogP contribution is 2.20. The molecule has 0 aromatic heterocycles. The van der Waals surface area contributed by atoms with Gasteiger partial charge in [-0.05, 0) is 32.9 Å². The van der Waals surface area contributed by atoms with Crippen molar-refractivity contribution in [3.05, 3.63) is 28.7 Å². The Kier molecular flexibility index (Phi) is 9.71. The van der Waals surface area contributed by atoms with Gasteiger partial charge < -0.3 is 15.1 Å². The lowest BCUT2D eigenvalue weighted by molar-refractivity contribution is 0.0914. The highest BCUT2D eigenvalue weighted by molar-refractivity contribution is 9.10. The summed E-state index contributed by atoms with van der Waals surface area (Å²) in [6.45, 7) is 4.96. The van der Waals surface area contributed by atoms with Crippen LogP contribution in [0, 0.1) is 0 Å². The first kappa shape index (κ1) is 22.1. The van der Waals surface area contributed by atoms with Crippen molar-refractivity contribution in [2.75, 3.05) is 20.1 Å². The molecule has 1 rings (SSSR count). The number of nitrogens with one attached hydrogen (secondary N) is 2. The molecule has 0 aliphatic carbocycles. The van der Waals surface area contributed by atoms with Crippen molar-refractivity contribution in [3.8, 4) is 0 Å². The molecule has 0 bridgehead atoms. The first-order valence-corrected chi connectivity index (χ1v) is 8.93. The third-order valence-corrected chi connectivity index (χ3v) is 4.87. The second kappa shape index (κ2) is 10.1. The number of amides is 1. The van der Waals surface area contributed by atoms with Gasteiger partial charge in [0.2, 0.25) is 0 Å². The number of hydrogen-bond acceptors (Lipinski definition) is 5. The molecule has 0 radical (unpaired) electrons. The Bertz CT molecular complexity index is 613. The highest BCUT2D eigenvalue weighted by atomic mass is 79.9. The van der Waals surface area contributed by atoms with Gasteiger partial charge in [-0.25, -0.2) is 13.2 Å². The Hall–Kier alpha value is -0.870. The van der Waals surface area contributed by atoms with Gasteiger partial charge in [-0.1, -0.05) is 26.0 Å². The van der Waals surface area contributed by atoms with E-state index in [1.807, 2.05) is 18.7 Å². The number of rotatable bonds is 7. The Morgan fingerprint density at radius 1 is 1.35 bits per heavy atom. The summed E-state index contributed by atoms with van der Waals surface area (Å²) >= 11 is 3.14. The number of sulfonamides is 1. The topological polar surface area (TPSA) is 87.7 Å². The highest BCUT2D eigenvalue weighted by Gasteiger charge is 2.20. The predicted molar refractivity (Wildman–Crippen MR) is 94.0 cm³/mol. The lowest BCUT2D eigenvalue weighted by Gasteiger charge is -2.18. The minimum Gasteiger partial charge on any atom is -0.338 e. The number of nitrogens with zero attached hydrogens (tertiary/aromatic N) is 1. The molecule has 1 aromatic rings. The molecule has 7 nitrogen and oxygen atoms in total. The molecule has 0 saturated heterocycles. The zero-order valence-electron chi connectivity index (χ0n) is 13.1. The quantitative estimate of drug-likeness (QED) is 0.647. The van der Waals surface area contributed by atoms with Crippen LogP contribution in [0.1, 0.15) is 13.8 Å². The summed E-state index contributed by atoms with van der Waals surface area (Å²) in [6.07, 6.45) is -0.777. The summed E-state index contributed by atoms with van der Waals surface area (Å²) in [5, 5.41) is 3.14. The number of likely N-dealkylation sites (N-methyl/N-ethyl adjacent to an activating group) is 1. The molecule has 23 heavy (non-hydrogen) atoms. The maximum absolute atomic E-state index is 12.0. The van der Waals surface area contributed by atoms with Gasteiger partial charge in [0.05, 0.1) is 4.90 Å². The number of hydrogen-bond donors (Lipinski definition) is 2. The van der Waals surface area contributed by atoms with Crippen molar-refractivity contribution in [1.29, 1.82) is 0 Å². The molecule has 0 atom stereocenters. The number of benzene rings is 1. The van der Waals surface area contributed by atoms with Crippen molar-refractivity contribution >= 4 is 44.5 Å². The molecule has 0 unspecified atom stereocenters. The first-order chi connectivity index (χ1) is 10.2. The van der Waals surface area contributed by atoms with Crippen LogP contribution in [0.5, 0.6) is 0 Å². The molecule has 0 spiro atoms. The van der Waals surface area contributed by atoms with E-state index in [9.17, 15) is 13.2 Å². The number of carbonyl (C=O) groups excluding carboxylic acids is 1. The number of carbonyl (C=O) groups is 1. The lowest BCUT2D eigenvalue weighted by atomic mass is 10.4. The fourth-order valence-corrected chi connectivity index (χ4v) is 3.27. The minimum absolute atomic E-state index is 0. The maximum Gasteiger partial charge on any atom is 0.429 e. The average molecular weight is 431 g/mol. The lowest BCUT2D eigenvalue weighted by Crippen LogP contribution is -2.39. The van der Waals surface area contributed by atoms with Crippen LogP contribution >= 0.6 is 28.3 Å². The van der Waals surface area contributed by atoms with Gasteiger partial charge in [0.1, 0.15) is 0 Å². The summed E-state index contributed by atoms with van der Waals surface area (Å²) in [6, 6.07) is 6.55. The van der Waals surface area contributed by atoms with E-state index in [1.165, 1.54) is 18.0 Å². The van der Waals surface area contributed by atoms with E-state index in [0.29, 0.717) is 23.6 Å². The molecule has 10 heteroatoms. The Labute approximate surface area is 151 Å². The van der Waals surface area contributed by atoms with Gasteiger partial charge in [-0.2, -0.15) is 0 Å². The van der Waals surface area contributed by atoms with Crippen molar-refractivity contribution in [1.82, 2.24) is 15.1 Å². The SMILES string of the molecule is CC(C)NCCN(C)C(=O)ONS(=O)(=O)c1ccccc1Br.Cl. The van der Waals surface area contributed by atoms with Crippen molar-refractivity contribution < 1.29 is 18.0 Å². The Balaban J connectivity index is 0.00000484. The summed E-state index contributed by atoms with van der Waals surface area (Å²) < 4.78 is 24.5. The van der Waals surface area contributed by atoms with E-state index >= 15 is 0 Å². The fourth-order valence-electron chi connectivity index (χ4n) is 1.49. The zero-order valence-corrected chi connectivity index (χ0v) is 16.3. The summed E-state index contributed by atoms with van der Waals surface area (Å²) in [5.41, 5.74) is 0. The Morgan fingerprint density at radius 2 is 1.96 bits per heavy atom. The van der Waals surface area contributed by atoms with E-state index < -0.39 is 16.1 Å². The maximum atomic E-state index is 12.0. The molecule has 1 amide bonds. The molecule has 0 aliphatic rings. The third kappa shape index (κ3) is 7.49. The second-order valence-corrected chi connectivity index (χ2v) is 7.38. The molecule has 0 saturated carbocycles. The van der Waals surface area contributed by atoms with Crippen molar-refractivity contribution in [3.63, 3.8) is 0 Å². The summed E-state index contributed by atoms with van der Waals surface area (Å²) in [7, 11) is -2.41. The minimum atomic E-state index is -3.94. The molecule has 0 aliphatic heterocycles. The predicted octanol–water partition coefficient (Wildman–Crippen LogP) is 2.13. The van der Waals surface area contributed by atoms with Crippen LogP contribution in [0.4, 0.5) is 4.79 Å². The molecular formula is C13H21BrClN3O4S. The molecular weight excluding hydrogens is 410 g/mol.